The summed E-state index contributed by atoms with van der Waals surface area (Å²) in [7, 11) is 0. The summed E-state index contributed by atoms with van der Waals surface area (Å²) >= 11 is 0. The molecule has 132 valence electrons. The SMILES string of the molecule is CC(=O)OC1CCCCc2c1[nH]c(C(=O)OCc1ccccc1)c2C. The largest absolute Gasteiger partial charge is 0.456 e. The molecule has 5 heteroatoms. The maximum absolute atomic E-state index is 12.5. The zero-order valence-corrected chi connectivity index (χ0v) is 14.6. The van der Waals surface area contributed by atoms with Crippen molar-refractivity contribution in [3.8, 4) is 0 Å². The Bertz CT molecular complexity index is 764. The van der Waals surface area contributed by atoms with Crippen molar-refractivity contribution >= 4 is 11.9 Å². The van der Waals surface area contributed by atoms with E-state index in [-0.39, 0.29) is 24.6 Å². The van der Waals surface area contributed by atoms with E-state index in [0.29, 0.717) is 5.69 Å². The molecule has 0 aliphatic heterocycles. The van der Waals surface area contributed by atoms with Crippen LogP contribution in [-0.4, -0.2) is 16.9 Å². The minimum Gasteiger partial charge on any atom is -0.456 e. The molecule has 1 N–H and O–H groups in total. The van der Waals surface area contributed by atoms with Gasteiger partial charge in [-0.1, -0.05) is 30.3 Å². The zero-order chi connectivity index (χ0) is 17.8. The molecular formula is C20H23NO4. The number of hydrogen-bond acceptors (Lipinski definition) is 4. The molecule has 0 saturated carbocycles. The van der Waals surface area contributed by atoms with Gasteiger partial charge in [0.25, 0.3) is 0 Å². The predicted molar refractivity (Wildman–Crippen MR) is 93.2 cm³/mol. The van der Waals surface area contributed by atoms with Crippen LogP contribution in [0.2, 0.25) is 0 Å². The van der Waals surface area contributed by atoms with Crippen LogP contribution in [0, 0.1) is 6.92 Å². The average Bonchev–Trinajstić information content (AvgIpc) is 2.80. The number of nitrogens with one attached hydrogen (secondary N) is 1. The summed E-state index contributed by atoms with van der Waals surface area (Å²) in [6.07, 6.45) is 3.34. The molecule has 1 aliphatic carbocycles. The average molecular weight is 341 g/mol. The number of fused-ring (bicyclic) bond motifs is 1. The fourth-order valence-corrected chi connectivity index (χ4v) is 3.35. The number of aromatic nitrogens is 1. The second-order valence-corrected chi connectivity index (χ2v) is 6.42. The van der Waals surface area contributed by atoms with Gasteiger partial charge in [-0.25, -0.2) is 4.79 Å². The highest BCUT2D eigenvalue weighted by atomic mass is 16.5. The first-order valence-electron chi connectivity index (χ1n) is 8.66. The van der Waals surface area contributed by atoms with Crippen molar-refractivity contribution in [1.29, 1.82) is 0 Å². The lowest BCUT2D eigenvalue weighted by molar-refractivity contribution is -0.147. The molecule has 0 bridgehead atoms. The molecular weight excluding hydrogens is 318 g/mol. The molecule has 0 amide bonds. The molecule has 1 heterocycles. The number of H-pyrrole nitrogens is 1. The van der Waals surface area contributed by atoms with E-state index < -0.39 is 0 Å². The normalized spacial score (nSPS) is 16.6. The third-order valence-electron chi connectivity index (χ3n) is 4.60. The number of carbonyl (C=O) groups is 2. The summed E-state index contributed by atoms with van der Waals surface area (Å²) in [4.78, 5) is 27.1. The van der Waals surface area contributed by atoms with Crippen LogP contribution < -0.4 is 0 Å². The monoisotopic (exact) mass is 341 g/mol. The Kier molecular flexibility index (Phi) is 5.22. The van der Waals surface area contributed by atoms with Gasteiger partial charge in [-0.2, -0.15) is 0 Å². The number of rotatable bonds is 4. The summed E-state index contributed by atoms with van der Waals surface area (Å²) in [5.74, 6) is -0.686. The first kappa shape index (κ1) is 17.3. The topological polar surface area (TPSA) is 68.4 Å². The third kappa shape index (κ3) is 3.92. The van der Waals surface area contributed by atoms with Gasteiger partial charge in [0.1, 0.15) is 18.4 Å². The molecule has 0 radical (unpaired) electrons. The van der Waals surface area contributed by atoms with E-state index in [1.165, 1.54) is 6.92 Å². The van der Waals surface area contributed by atoms with Gasteiger partial charge in [-0.05, 0) is 49.3 Å². The highest BCUT2D eigenvalue weighted by molar-refractivity contribution is 5.90. The first-order chi connectivity index (χ1) is 12.1. The molecule has 1 aromatic carbocycles. The van der Waals surface area contributed by atoms with Crippen molar-refractivity contribution in [2.75, 3.05) is 0 Å². The van der Waals surface area contributed by atoms with Crippen molar-refractivity contribution in [1.82, 2.24) is 4.98 Å². The van der Waals surface area contributed by atoms with E-state index >= 15 is 0 Å². The maximum atomic E-state index is 12.5. The number of esters is 2. The Labute approximate surface area is 147 Å². The molecule has 1 aromatic heterocycles. The molecule has 1 aliphatic rings. The van der Waals surface area contributed by atoms with Crippen LogP contribution in [0.5, 0.6) is 0 Å². The number of carbonyl (C=O) groups excluding carboxylic acids is 2. The lowest BCUT2D eigenvalue weighted by Crippen LogP contribution is -2.10. The van der Waals surface area contributed by atoms with Crippen LogP contribution >= 0.6 is 0 Å². The zero-order valence-electron chi connectivity index (χ0n) is 14.6. The lowest BCUT2D eigenvalue weighted by Gasteiger charge is -2.15. The van der Waals surface area contributed by atoms with Crippen LogP contribution in [0.15, 0.2) is 30.3 Å². The number of hydrogen-bond donors (Lipinski definition) is 1. The Morgan fingerprint density at radius 3 is 2.68 bits per heavy atom. The van der Waals surface area contributed by atoms with Crippen LogP contribution in [-0.2, 0) is 27.3 Å². The van der Waals surface area contributed by atoms with E-state index in [9.17, 15) is 9.59 Å². The highest BCUT2D eigenvalue weighted by Crippen LogP contribution is 2.34. The molecule has 25 heavy (non-hydrogen) atoms. The van der Waals surface area contributed by atoms with Gasteiger partial charge in [0.05, 0.1) is 5.69 Å². The summed E-state index contributed by atoms with van der Waals surface area (Å²) in [6, 6.07) is 9.58. The first-order valence-corrected chi connectivity index (χ1v) is 8.66. The van der Waals surface area contributed by atoms with Crippen LogP contribution in [0.25, 0.3) is 0 Å². The molecule has 3 rings (SSSR count). The van der Waals surface area contributed by atoms with Crippen LogP contribution in [0.3, 0.4) is 0 Å². The van der Waals surface area contributed by atoms with Gasteiger partial charge in [0, 0.05) is 6.92 Å². The standard InChI is InChI=1S/C20H23NO4/c1-13-16-10-6-7-11-17(25-14(2)22)19(16)21-18(13)20(23)24-12-15-8-4-3-5-9-15/h3-5,8-9,17,21H,6-7,10-12H2,1-2H3. The van der Waals surface area contributed by atoms with E-state index in [1.807, 2.05) is 37.3 Å². The predicted octanol–water partition coefficient (Wildman–Crippen LogP) is 4.01. The second-order valence-electron chi connectivity index (χ2n) is 6.42. The molecule has 5 nitrogen and oxygen atoms in total. The fraction of sp³-hybridized carbons (Fsp3) is 0.400. The van der Waals surface area contributed by atoms with Crippen molar-refractivity contribution in [2.24, 2.45) is 0 Å². The molecule has 1 atom stereocenters. The van der Waals surface area contributed by atoms with Gasteiger partial charge in [0.15, 0.2) is 0 Å². The Morgan fingerprint density at radius 2 is 1.96 bits per heavy atom. The van der Waals surface area contributed by atoms with E-state index in [2.05, 4.69) is 4.98 Å². The quantitative estimate of drug-likeness (QED) is 0.674. The van der Waals surface area contributed by atoms with Crippen molar-refractivity contribution in [2.45, 2.75) is 52.2 Å². The third-order valence-corrected chi connectivity index (χ3v) is 4.60. The Balaban J connectivity index is 1.80. The summed E-state index contributed by atoms with van der Waals surface area (Å²) in [5, 5.41) is 0. The maximum Gasteiger partial charge on any atom is 0.355 e. The Morgan fingerprint density at radius 1 is 1.20 bits per heavy atom. The van der Waals surface area contributed by atoms with Gasteiger partial charge >= 0.3 is 11.9 Å². The number of aromatic amines is 1. The molecule has 0 fully saturated rings. The fourth-order valence-electron chi connectivity index (χ4n) is 3.35. The van der Waals surface area contributed by atoms with Crippen LogP contribution in [0.1, 0.15) is 65.2 Å². The summed E-state index contributed by atoms with van der Waals surface area (Å²) in [5.41, 5.74) is 4.22. The lowest BCUT2D eigenvalue weighted by atomic mass is 10.0. The summed E-state index contributed by atoms with van der Waals surface area (Å²) < 4.78 is 10.9. The van der Waals surface area contributed by atoms with Gasteiger partial charge in [0.2, 0.25) is 0 Å². The van der Waals surface area contributed by atoms with Crippen LogP contribution in [0.4, 0.5) is 0 Å². The molecule has 0 saturated heterocycles. The molecule has 1 unspecified atom stereocenters. The highest BCUT2D eigenvalue weighted by Gasteiger charge is 2.28. The number of ether oxygens (including phenoxy) is 2. The summed E-state index contributed by atoms with van der Waals surface area (Å²) in [6.45, 7) is 3.57. The number of benzene rings is 1. The van der Waals surface area contributed by atoms with Crippen molar-refractivity contribution in [3.63, 3.8) is 0 Å². The van der Waals surface area contributed by atoms with Gasteiger partial charge in [-0.15, -0.1) is 0 Å². The minimum absolute atomic E-state index is 0.232. The smallest absolute Gasteiger partial charge is 0.355 e. The van der Waals surface area contributed by atoms with E-state index in [4.69, 9.17) is 9.47 Å². The Hall–Kier alpha value is -2.56. The van der Waals surface area contributed by atoms with E-state index in [0.717, 1.165) is 48.1 Å². The van der Waals surface area contributed by atoms with Gasteiger partial charge < -0.3 is 14.5 Å². The minimum atomic E-state index is -0.379. The molecule has 2 aromatic rings. The van der Waals surface area contributed by atoms with E-state index in [1.54, 1.807) is 0 Å². The van der Waals surface area contributed by atoms with Gasteiger partial charge in [-0.3, -0.25) is 4.79 Å². The molecule has 0 spiro atoms. The second kappa shape index (κ2) is 7.55. The van der Waals surface area contributed by atoms with Crippen molar-refractivity contribution in [3.05, 3.63) is 58.4 Å². The van der Waals surface area contributed by atoms with Crippen molar-refractivity contribution < 1.29 is 19.1 Å².